The van der Waals surface area contributed by atoms with Crippen molar-refractivity contribution in [2.45, 2.75) is 18.1 Å². The minimum Gasteiger partial charge on any atom is -0.497 e. The van der Waals surface area contributed by atoms with E-state index in [1.165, 1.54) is 17.3 Å². The third-order valence-corrected chi connectivity index (χ3v) is 3.79. The Morgan fingerprint density at radius 1 is 1.40 bits per heavy atom. The molecule has 2 aromatic rings. The molecule has 0 amide bonds. The first-order valence-corrected chi connectivity index (χ1v) is 7.16. The Labute approximate surface area is 121 Å². The Hall–Kier alpha value is -1.95. The van der Waals surface area contributed by atoms with Gasteiger partial charge in [-0.25, -0.2) is 4.98 Å². The third-order valence-electron chi connectivity index (χ3n) is 2.80. The maximum absolute atomic E-state index is 10.6. The van der Waals surface area contributed by atoms with E-state index >= 15 is 0 Å². The summed E-state index contributed by atoms with van der Waals surface area (Å²) in [6, 6.07) is 7.92. The van der Waals surface area contributed by atoms with Gasteiger partial charge in [-0.3, -0.25) is 4.79 Å². The topological polar surface area (TPSA) is 64.4 Å². The number of aromatic nitrogens is 2. The summed E-state index contributed by atoms with van der Waals surface area (Å²) in [5.41, 5.74) is 1.20. The molecule has 6 heteroatoms. The minimum atomic E-state index is -0.834. The van der Waals surface area contributed by atoms with Gasteiger partial charge in [0.05, 0.1) is 12.9 Å². The van der Waals surface area contributed by atoms with Crippen molar-refractivity contribution in [2.75, 3.05) is 12.9 Å². The zero-order valence-corrected chi connectivity index (χ0v) is 12.0. The van der Waals surface area contributed by atoms with Gasteiger partial charge in [0.2, 0.25) is 0 Å². The highest BCUT2D eigenvalue weighted by molar-refractivity contribution is 7.99. The molecule has 1 heterocycles. The van der Waals surface area contributed by atoms with Crippen molar-refractivity contribution < 1.29 is 14.6 Å². The van der Waals surface area contributed by atoms with Gasteiger partial charge in [-0.05, 0) is 24.1 Å². The lowest BCUT2D eigenvalue weighted by Gasteiger charge is -2.07. The summed E-state index contributed by atoms with van der Waals surface area (Å²) < 4.78 is 7.09. The van der Waals surface area contributed by atoms with Crippen LogP contribution in [-0.2, 0) is 17.8 Å². The number of methoxy groups -OCH3 is 1. The monoisotopic (exact) mass is 292 g/mol. The fourth-order valence-electron chi connectivity index (χ4n) is 1.77. The maximum Gasteiger partial charge on any atom is 0.313 e. The number of thioether (sulfide) groups is 1. The first kappa shape index (κ1) is 14.5. The van der Waals surface area contributed by atoms with Crippen LogP contribution < -0.4 is 4.74 Å². The molecule has 0 atom stereocenters. The molecule has 0 saturated heterocycles. The molecule has 0 spiro atoms. The van der Waals surface area contributed by atoms with Crippen LogP contribution >= 0.6 is 11.8 Å². The lowest BCUT2D eigenvalue weighted by molar-refractivity contribution is -0.133. The van der Waals surface area contributed by atoms with Crippen LogP contribution in [0.4, 0.5) is 0 Å². The van der Waals surface area contributed by atoms with Crippen LogP contribution in [0.5, 0.6) is 5.75 Å². The lowest BCUT2D eigenvalue weighted by atomic mass is 10.1. The van der Waals surface area contributed by atoms with E-state index in [-0.39, 0.29) is 5.75 Å². The SMILES string of the molecule is COc1ccc(CCn2ccnc2SCC(=O)O)cc1. The Balaban J connectivity index is 1.93. The van der Waals surface area contributed by atoms with E-state index < -0.39 is 5.97 Å². The quantitative estimate of drug-likeness (QED) is 0.793. The second-order valence-electron chi connectivity index (χ2n) is 4.18. The van der Waals surface area contributed by atoms with Crippen LogP contribution in [0, 0.1) is 0 Å². The highest BCUT2D eigenvalue weighted by atomic mass is 32.2. The summed E-state index contributed by atoms with van der Waals surface area (Å²) in [4.78, 5) is 14.7. The van der Waals surface area contributed by atoms with Crippen LogP contribution in [0.25, 0.3) is 0 Å². The number of ether oxygens (including phenoxy) is 1. The van der Waals surface area contributed by atoms with Gasteiger partial charge in [0.15, 0.2) is 5.16 Å². The first-order valence-electron chi connectivity index (χ1n) is 6.17. The van der Waals surface area contributed by atoms with E-state index in [9.17, 15) is 4.79 Å². The molecule has 0 saturated carbocycles. The Bertz CT molecular complexity index is 566. The maximum atomic E-state index is 10.6. The predicted octanol–water partition coefficient (Wildman–Crippen LogP) is 2.31. The molecule has 2 rings (SSSR count). The molecule has 1 N–H and O–H groups in total. The Morgan fingerprint density at radius 2 is 2.15 bits per heavy atom. The van der Waals surface area contributed by atoms with E-state index in [1.807, 2.05) is 35.0 Å². The van der Waals surface area contributed by atoms with Gasteiger partial charge in [0, 0.05) is 18.9 Å². The van der Waals surface area contributed by atoms with Crippen molar-refractivity contribution in [1.29, 1.82) is 0 Å². The summed E-state index contributed by atoms with van der Waals surface area (Å²) in [5, 5.41) is 9.43. The number of carbonyl (C=O) groups is 1. The van der Waals surface area contributed by atoms with Crippen molar-refractivity contribution in [3.05, 3.63) is 42.2 Å². The van der Waals surface area contributed by atoms with Crippen molar-refractivity contribution in [3.63, 3.8) is 0 Å². The molecule has 106 valence electrons. The van der Waals surface area contributed by atoms with E-state index in [2.05, 4.69) is 4.98 Å². The number of aliphatic carboxylic acids is 1. The molecular formula is C14H16N2O3S. The number of imidazole rings is 1. The van der Waals surface area contributed by atoms with E-state index in [0.717, 1.165) is 23.9 Å². The summed E-state index contributed by atoms with van der Waals surface area (Å²) in [6.45, 7) is 0.772. The normalized spacial score (nSPS) is 10.4. The molecule has 1 aromatic heterocycles. The fourth-order valence-corrected chi connectivity index (χ4v) is 2.48. The van der Waals surface area contributed by atoms with Gasteiger partial charge >= 0.3 is 5.97 Å². The second kappa shape index (κ2) is 7.00. The molecule has 0 aliphatic rings. The number of nitrogens with zero attached hydrogens (tertiary/aromatic N) is 2. The van der Waals surface area contributed by atoms with Gasteiger partial charge in [-0.1, -0.05) is 23.9 Å². The number of benzene rings is 1. The molecule has 20 heavy (non-hydrogen) atoms. The summed E-state index contributed by atoms with van der Waals surface area (Å²) >= 11 is 1.24. The average molecular weight is 292 g/mol. The largest absolute Gasteiger partial charge is 0.497 e. The number of rotatable bonds is 7. The van der Waals surface area contributed by atoms with E-state index in [4.69, 9.17) is 9.84 Å². The summed E-state index contributed by atoms with van der Waals surface area (Å²) in [5.74, 6) is 0.0355. The molecule has 0 radical (unpaired) electrons. The van der Waals surface area contributed by atoms with E-state index in [1.54, 1.807) is 13.3 Å². The molecule has 0 aliphatic heterocycles. The van der Waals surface area contributed by atoms with Crippen LogP contribution in [0.1, 0.15) is 5.56 Å². The fraction of sp³-hybridized carbons (Fsp3) is 0.286. The average Bonchev–Trinajstić information content (AvgIpc) is 2.91. The van der Waals surface area contributed by atoms with Gasteiger partial charge < -0.3 is 14.4 Å². The van der Waals surface area contributed by atoms with Crippen molar-refractivity contribution in [2.24, 2.45) is 0 Å². The van der Waals surface area contributed by atoms with Crippen molar-refractivity contribution >= 4 is 17.7 Å². The highest BCUT2D eigenvalue weighted by Crippen LogP contribution is 2.17. The zero-order chi connectivity index (χ0) is 14.4. The number of hydrogen-bond acceptors (Lipinski definition) is 4. The molecule has 0 bridgehead atoms. The summed E-state index contributed by atoms with van der Waals surface area (Å²) in [6.07, 6.45) is 4.42. The Kier molecular flexibility index (Phi) is 5.06. The van der Waals surface area contributed by atoms with Gasteiger partial charge in [0.25, 0.3) is 0 Å². The minimum absolute atomic E-state index is 0.0273. The number of hydrogen-bond donors (Lipinski definition) is 1. The van der Waals surface area contributed by atoms with Crippen molar-refractivity contribution in [3.8, 4) is 5.75 Å². The third kappa shape index (κ3) is 4.03. The first-order chi connectivity index (χ1) is 9.69. The molecule has 0 fully saturated rings. The van der Waals surface area contributed by atoms with Crippen LogP contribution in [0.2, 0.25) is 0 Å². The smallest absolute Gasteiger partial charge is 0.313 e. The second-order valence-corrected chi connectivity index (χ2v) is 5.13. The Morgan fingerprint density at radius 3 is 2.80 bits per heavy atom. The van der Waals surface area contributed by atoms with Gasteiger partial charge in [0.1, 0.15) is 5.75 Å². The lowest BCUT2D eigenvalue weighted by Crippen LogP contribution is -2.04. The van der Waals surface area contributed by atoms with Crippen molar-refractivity contribution in [1.82, 2.24) is 9.55 Å². The van der Waals surface area contributed by atoms with E-state index in [0.29, 0.717) is 0 Å². The summed E-state index contributed by atoms with van der Waals surface area (Å²) in [7, 11) is 1.65. The van der Waals surface area contributed by atoms with Crippen LogP contribution in [-0.4, -0.2) is 33.5 Å². The molecule has 1 aromatic carbocycles. The highest BCUT2D eigenvalue weighted by Gasteiger charge is 2.06. The zero-order valence-electron chi connectivity index (χ0n) is 11.2. The molecular weight excluding hydrogens is 276 g/mol. The molecule has 0 unspecified atom stereocenters. The number of carboxylic acid groups (broad SMARTS) is 1. The number of aryl methyl sites for hydroxylation is 2. The standard InChI is InChI=1S/C14H16N2O3S/c1-19-12-4-2-11(3-5-12)6-8-16-9-7-15-14(16)20-10-13(17)18/h2-5,7,9H,6,8,10H2,1H3,(H,17,18). The molecule has 5 nitrogen and oxygen atoms in total. The van der Waals surface area contributed by atoms with Crippen LogP contribution in [0.15, 0.2) is 41.8 Å². The van der Waals surface area contributed by atoms with Gasteiger partial charge in [-0.2, -0.15) is 0 Å². The number of carboxylic acids is 1. The molecule has 0 aliphatic carbocycles. The predicted molar refractivity (Wildman–Crippen MR) is 77.3 cm³/mol. The van der Waals surface area contributed by atoms with Gasteiger partial charge in [-0.15, -0.1) is 0 Å². The van der Waals surface area contributed by atoms with Crippen LogP contribution in [0.3, 0.4) is 0 Å².